The highest BCUT2D eigenvalue weighted by molar-refractivity contribution is 6.30. The highest BCUT2D eigenvalue weighted by atomic mass is 35.5. The molecular formula is C16H18ClN3O3. The number of halogens is 1. The molecule has 1 N–H and O–H groups in total. The summed E-state index contributed by atoms with van der Waals surface area (Å²) in [6.07, 6.45) is 0.965. The number of piperazine rings is 1. The molecule has 0 spiro atoms. The number of nitrogens with zero attached hydrogens (tertiary/aromatic N) is 2. The largest absolute Gasteiger partial charge is 0.344 e. The van der Waals surface area contributed by atoms with E-state index in [-0.39, 0.29) is 17.7 Å². The Kier molecular flexibility index (Phi) is 4.52. The van der Waals surface area contributed by atoms with Crippen LogP contribution < -0.4 is 5.32 Å². The van der Waals surface area contributed by atoms with Crippen LogP contribution in [0.25, 0.3) is 0 Å². The number of hydrogen-bond acceptors (Lipinski definition) is 3. The van der Waals surface area contributed by atoms with Crippen LogP contribution in [0.1, 0.15) is 23.2 Å². The van der Waals surface area contributed by atoms with E-state index in [0.29, 0.717) is 49.6 Å². The lowest BCUT2D eigenvalue weighted by Gasteiger charge is -2.36. The summed E-state index contributed by atoms with van der Waals surface area (Å²) in [4.78, 5) is 39.4. The minimum absolute atomic E-state index is 0.0468. The summed E-state index contributed by atoms with van der Waals surface area (Å²) in [5.41, 5.74) is 0.595. The molecule has 2 aliphatic rings. The van der Waals surface area contributed by atoms with Crippen molar-refractivity contribution in [2.24, 2.45) is 0 Å². The van der Waals surface area contributed by atoms with E-state index >= 15 is 0 Å². The Morgan fingerprint density at radius 3 is 2.22 bits per heavy atom. The summed E-state index contributed by atoms with van der Waals surface area (Å²) in [5, 5.41) is 3.29. The fourth-order valence-electron chi connectivity index (χ4n) is 2.92. The number of hydrogen-bond donors (Lipinski definition) is 1. The Morgan fingerprint density at radius 2 is 1.65 bits per heavy atom. The van der Waals surface area contributed by atoms with Crippen LogP contribution in [-0.4, -0.2) is 59.7 Å². The number of amides is 3. The first kappa shape index (κ1) is 15.8. The van der Waals surface area contributed by atoms with Crippen molar-refractivity contribution in [2.75, 3.05) is 26.2 Å². The van der Waals surface area contributed by atoms with Crippen molar-refractivity contribution in [3.05, 3.63) is 34.9 Å². The summed E-state index contributed by atoms with van der Waals surface area (Å²) < 4.78 is 0. The summed E-state index contributed by atoms with van der Waals surface area (Å²) in [5.74, 6) is -0.169. The first-order valence-electron chi connectivity index (χ1n) is 7.67. The van der Waals surface area contributed by atoms with Crippen LogP contribution in [0.3, 0.4) is 0 Å². The van der Waals surface area contributed by atoms with E-state index in [4.69, 9.17) is 11.6 Å². The normalized spacial score (nSPS) is 21.3. The molecule has 2 saturated heterocycles. The third-order valence-corrected chi connectivity index (χ3v) is 4.52. The van der Waals surface area contributed by atoms with Crippen molar-refractivity contribution in [2.45, 2.75) is 18.9 Å². The molecule has 0 bridgehead atoms. The van der Waals surface area contributed by atoms with Gasteiger partial charge in [0.25, 0.3) is 5.91 Å². The molecule has 3 amide bonds. The second-order valence-corrected chi connectivity index (χ2v) is 6.22. The molecule has 0 aliphatic carbocycles. The molecule has 0 saturated carbocycles. The molecule has 2 fully saturated rings. The van der Waals surface area contributed by atoms with E-state index in [1.54, 1.807) is 34.1 Å². The second kappa shape index (κ2) is 6.58. The predicted molar refractivity (Wildman–Crippen MR) is 85.1 cm³/mol. The second-order valence-electron chi connectivity index (χ2n) is 5.78. The maximum Gasteiger partial charge on any atom is 0.253 e. The molecule has 1 atom stereocenters. The maximum atomic E-state index is 12.4. The van der Waals surface area contributed by atoms with E-state index < -0.39 is 6.04 Å². The molecule has 0 unspecified atom stereocenters. The monoisotopic (exact) mass is 335 g/mol. The first-order valence-corrected chi connectivity index (χ1v) is 8.05. The third kappa shape index (κ3) is 3.47. The zero-order valence-corrected chi connectivity index (χ0v) is 13.4. The van der Waals surface area contributed by atoms with Gasteiger partial charge in [0.1, 0.15) is 6.04 Å². The quantitative estimate of drug-likeness (QED) is 0.873. The van der Waals surface area contributed by atoms with Crippen LogP contribution >= 0.6 is 11.6 Å². The minimum Gasteiger partial charge on any atom is -0.344 e. The van der Waals surface area contributed by atoms with Crippen LogP contribution in [0.5, 0.6) is 0 Å². The standard InChI is InChI=1S/C16H18ClN3O3/c17-12-3-1-11(2-4-12)15(22)19-7-9-20(10-8-19)16(23)13-5-6-14(21)18-13/h1-4,13H,5-10H2,(H,18,21)/t13-/m1/s1. The van der Waals surface area contributed by atoms with Gasteiger partial charge in [-0.2, -0.15) is 0 Å². The molecule has 2 heterocycles. The molecule has 122 valence electrons. The minimum atomic E-state index is -0.402. The van der Waals surface area contributed by atoms with Crippen molar-refractivity contribution in [3.8, 4) is 0 Å². The van der Waals surface area contributed by atoms with Gasteiger partial charge >= 0.3 is 0 Å². The van der Waals surface area contributed by atoms with E-state index in [1.165, 1.54) is 0 Å². The number of benzene rings is 1. The van der Waals surface area contributed by atoms with Gasteiger partial charge in [0.15, 0.2) is 0 Å². The van der Waals surface area contributed by atoms with Crippen LogP contribution in [-0.2, 0) is 9.59 Å². The van der Waals surface area contributed by atoms with Crippen LogP contribution in [0.15, 0.2) is 24.3 Å². The fourth-order valence-corrected chi connectivity index (χ4v) is 3.05. The van der Waals surface area contributed by atoms with Gasteiger partial charge in [0.2, 0.25) is 11.8 Å². The molecule has 1 aromatic carbocycles. The first-order chi connectivity index (χ1) is 11.0. The molecule has 1 aromatic rings. The smallest absolute Gasteiger partial charge is 0.253 e. The predicted octanol–water partition coefficient (Wildman–Crippen LogP) is 0.903. The molecule has 23 heavy (non-hydrogen) atoms. The number of nitrogens with one attached hydrogen (secondary N) is 1. The Balaban J connectivity index is 1.55. The van der Waals surface area contributed by atoms with Crippen LogP contribution in [0, 0.1) is 0 Å². The van der Waals surface area contributed by atoms with Gasteiger partial charge in [0, 0.05) is 43.2 Å². The molecule has 0 aromatic heterocycles. The zero-order valence-electron chi connectivity index (χ0n) is 12.6. The SMILES string of the molecule is O=C1CC[C@H](C(=O)N2CCN(C(=O)c3ccc(Cl)cc3)CC2)N1. The van der Waals surface area contributed by atoms with Crippen molar-refractivity contribution in [1.82, 2.24) is 15.1 Å². The van der Waals surface area contributed by atoms with Crippen molar-refractivity contribution < 1.29 is 14.4 Å². The van der Waals surface area contributed by atoms with E-state index in [2.05, 4.69) is 5.32 Å². The highest BCUT2D eigenvalue weighted by Crippen LogP contribution is 2.15. The topological polar surface area (TPSA) is 69.7 Å². The van der Waals surface area contributed by atoms with Crippen molar-refractivity contribution in [3.63, 3.8) is 0 Å². The number of rotatable bonds is 2. The van der Waals surface area contributed by atoms with Gasteiger partial charge in [-0.3, -0.25) is 14.4 Å². The van der Waals surface area contributed by atoms with Crippen LogP contribution in [0.2, 0.25) is 5.02 Å². The van der Waals surface area contributed by atoms with E-state index in [1.807, 2.05) is 0 Å². The van der Waals surface area contributed by atoms with Gasteiger partial charge in [-0.1, -0.05) is 11.6 Å². The van der Waals surface area contributed by atoms with Gasteiger partial charge in [-0.25, -0.2) is 0 Å². The average Bonchev–Trinajstić information content (AvgIpc) is 3.01. The van der Waals surface area contributed by atoms with Gasteiger partial charge in [0.05, 0.1) is 0 Å². The highest BCUT2D eigenvalue weighted by Gasteiger charge is 2.33. The Morgan fingerprint density at radius 1 is 1.04 bits per heavy atom. The molecule has 7 heteroatoms. The summed E-state index contributed by atoms with van der Waals surface area (Å²) in [6, 6.07) is 6.39. The molecule has 2 aliphatic heterocycles. The molecule has 3 rings (SSSR count). The lowest BCUT2D eigenvalue weighted by Crippen LogP contribution is -2.54. The maximum absolute atomic E-state index is 12.4. The average molecular weight is 336 g/mol. The molecular weight excluding hydrogens is 318 g/mol. The lowest BCUT2D eigenvalue weighted by molar-refractivity contribution is -0.135. The van der Waals surface area contributed by atoms with Crippen molar-refractivity contribution in [1.29, 1.82) is 0 Å². The summed E-state index contributed by atoms with van der Waals surface area (Å²) in [6.45, 7) is 1.97. The van der Waals surface area contributed by atoms with Gasteiger partial charge in [-0.15, -0.1) is 0 Å². The lowest BCUT2D eigenvalue weighted by atomic mass is 10.1. The van der Waals surface area contributed by atoms with E-state index in [0.717, 1.165) is 0 Å². The van der Waals surface area contributed by atoms with Crippen molar-refractivity contribution >= 4 is 29.3 Å². The molecule has 6 nitrogen and oxygen atoms in total. The number of carbonyl (C=O) groups excluding carboxylic acids is 3. The zero-order chi connectivity index (χ0) is 16.4. The number of carbonyl (C=O) groups is 3. The Bertz CT molecular complexity index is 624. The van der Waals surface area contributed by atoms with E-state index in [9.17, 15) is 14.4 Å². The Labute approximate surface area is 139 Å². The van der Waals surface area contributed by atoms with Crippen LogP contribution in [0.4, 0.5) is 0 Å². The summed E-state index contributed by atoms with van der Waals surface area (Å²) in [7, 11) is 0. The molecule has 0 radical (unpaired) electrons. The summed E-state index contributed by atoms with van der Waals surface area (Å²) >= 11 is 5.83. The van der Waals surface area contributed by atoms with Gasteiger partial charge < -0.3 is 15.1 Å². The van der Waals surface area contributed by atoms with Gasteiger partial charge in [-0.05, 0) is 30.7 Å². The third-order valence-electron chi connectivity index (χ3n) is 4.26. The fraction of sp³-hybridized carbons (Fsp3) is 0.438. The Hall–Kier alpha value is -2.08.